The van der Waals surface area contributed by atoms with E-state index >= 15 is 0 Å². The first-order valence-electron chi connectivity index (χ1n) is 9.06. The fourth-order valence-electron chi connectivity index (χ4n) is 2.97. The maximum atomic E-state index is 5.29. The van der Waals surface area contributed by atoms with Crippen molar-refractivity contribution in [1.82, 2.24) is 9.55 Å². The second kappa shape index (κ2) is 9.67. The number of hydrogen-bond acceptors (Lipinski definition) is 4. The third kappa shape index (κ3) is 5.02. The molecule has 0 fully saturated rings. The Morgan fingerprint density at radius 1 is 1.03 bits per heavy atom. The van der Waals surface area contributed by atoms with Crippen LogP contribution in [0.25, 0.3) is 11.3 Å². The molecule has 0 spiro atoms. The van der Waals surface area contributed by atoms with Gasteiger partial charge in [-0.15, -0.1) is 28.3 Å². The summed E-state index contributed by atoms with van der Waals surface area (Å²) in [7, 11) is 1.68. The Morgan fingerprint density at radius 3 is 2.45 bits per heavy atom. The smallest absolute Gasteiger partial charge is 0.190 e. The minimum atomic E-state index is 0. The molecule has 0 radical (unpaired) electrons. The minimum absolute atomic E-state index is 0. The van der Waals surface area contributed by atoms with Crippen molar-refractivity contribution in [3.05, 3.63) is 94.4 Å². The number of methoxy groups -OCH3 is 1. The van der Waals surface area contributed by atoms with Crippen LogP contribution in [0, 0.1) is 6.92 Å². The zero-order valence-corrected chi connectivity index (χ0v) is 18.8. The van der Waals surface area contributed by atoms with Crippen LogP contribution < -0.4 is 9.54 Å². The standard InChI is InChI=1S/C23H21N3OS.BrH/c1-17-5-9-20(10-6-17)25-23-26(15-18-4-3-13-24-14-18)22(16-28-23)19-7-11-21(27-2)12-8-19;/h3-14,16H,15H2,1-2H3;1H. The van der Waals surface area contributed by atoms with E-state index in [1.54, 1.807) is 24.6 Å². The van der Waals surface area contributed by atoms with Crippen LogP contribution in [0.1, 0.15) is 11.1 Å². The van der Waals surface area contributed by atoms with Gasteiger partial charge in [-0.3, -0.25) is 4.98 Å². The first kappa shape index (κ1) is 21.0. The van der Waals surface area contributed by atoms with Gasteiger partial charge in [-0.25, -0.2) is 4.99 Å². The summed E-state index contributed by atoms with van der Waals surface area (Å²) in [5.41, 5.74) is 5.58. The Morgan fingerprint density at radius 2 is 1.79 bits per heavy atom. The van der Waals surface area contributed by atoms with E-state index < -0.39 is 0 Å². The highest BCUT2D eigenvalue weighted by Gasteiger charge is 2.09. The Hall–Kier alpha value is -2.70. The van der Waals surface area contributed by atoms with Crippen LogP contribution in [0.5, 0.6) is 5.75 Å². The molecule has 4 aromatic rings. The van der Waals surface area contributed by atoms with Crippen molar-refractivity contribution in [3.8, 4) is 17.0 Å². The van der Waals surface area contributed by atoms with E-state index in [4.69, 9.17) is 9.73 Å². The molecular formula is C23H22BrN3OS. The Labute approximate surface area is 185 Å². The molecule has 29 heavy (non-hydrogen) atoms. The molecule has 0 atom stereocenters. The third-order valence-corrected chi connectivity index (χ3v) is 5.37. The second-order valence-corrected chi connectivity index (χ2v) is 7.36. The van der Waals surface area contributed by atoms with E-state index in [1.165, 1.54) is 5.56 Å². The van der Waals surface area contributed by atoms with Gasteiger partial charge in [-0.2, -0.15) is 0 Å². The lowest BCUT2D eigenvalue weighted by Crippen LogP contribution is -2.16. The number of benzene rings is 2. The van der Waals surface area contributed by atoms with Crippen LogP contribution in [-0.2, 0) is 6.54 Å². The molecule has 2 aromatic carbocycles. The van der Waals surface area contributed by atoms with Gasteiger partial charge in [0.15, 0.2) is 4.80 Å². The predicted octanol–water partition coefficient (Wildman–Crippen LogP) is 5.79. The largest absolute Gasteiger partial charge is 0.497 e. The predicted molar refractivity (Wildman–Crippen MR) is 124 cm³/mol. The van der Waals surface area contributed by atoms with Crippen LogP contribution >= 0.6 is 28.3 Å². The fraction of sp³-hybridized carbons (Fsp3) is 0.130. The van der Waals surface area contributed by atoms with Crippen LogP contribution in [0.2, 0.25) is 0 Å². The van der Waals surface area contributed by atoms with Crippen molar-refractivity contribution in [2.24, 2.45) is 4.99 Å². The van der Waals surface area contributed by atoms with Crippen molar-refractivity contribution >= 4 is 34.0 Å². The Balaban J connectivity index is 0.00000240. The average molecular weight is 468 g/mol. The van der Waals surface area contributed by atoms with E-state index in [1.807, 2.05) is 24.4 Å². The molecule has 0 saturated heterocycles. The monoisotopic (exact) mass is 467 g/mol. The number of hydrogen-bond donors (Lipinski definition) is 0. The normalized spacial score (nSPS) is 11.2. The minimum Gasteiger partial charge on any atom is -0.497 e. The molecular weight excluding hydrogens is 446 g/mol. The van der Waals surface area contributed by atoms with Crippen LogP contribution in [-0.4, -0.2) is 16.7 Å². The number of ether oxygens (including phenoxy) is 1. The van der Waals surface area contributed by atoms with E-state index in [0.29, 0.717) is 6.54 Å². The van der Waals surface area contributed by atoms with Gasteiger partial charge < -0.3 is 9.30 Å². The summed E-state index contributed by atoms with van der Waals surface area (Å²) < 4.78 is 7.53. The van der Waals surface area contributed by atoms with Gasteiger partial charge in [0.25, 0.3) is 0 Å². The van der Waals surface area contributed by atoms with Gasteiger partial charge in [0.05, 0.1) is 25.0 Å². The number of aryl methyl sites for hydroxylation is 1. The zero-order valence-electron chi connectivity index (χ0n) is 16.3. The van der Waals surface area contributed by atoms with E-state index in [9.17, 15) is 0 Å². The van der Waals surface area contributed by atoms with Crippen molar-refractivity contribution in [2.45, 2.75) is 13.5 Å². The molecule has 0 N–H and O–H groups in total. The SMILES string of the molecule is Br.COc1ccc(-c2csc(=Nc3ccc(C)cc3)n2Cc2cccnc2)cc1. The van der Waals surface area contributed by atoms with Crippen LogP contribution in [0.15, 0.2) is 83.4 Å². The summed E-state index contributed by atoms with van der Waals surface area (Å²) in [4.78, 5) is 10.1. The van der Waals surface area contributed by atoms with Gasteiger partial charge in [-0.05, 0) is 60.5 Å². The highest BCUT2D eigenvalue weighted by atomic mass is 79.9. The molecule has 148 valence electrons. The number of nitrogens with zero attached hydrogens (tertiary/aromatic N) is 3. The number of pyridine rings is 1. The fourth-order valence-corrected chi connectivity index (χ4v) is 3.90. The number of rotatable bonds is 5. The first-order valence-corrected chi connectivity index (χ1v) is 9.94. The van der Waals surface area contributed by atoms with Gasteiger partial charge in [0, 0.05) is 17.8 Å². The van der Waals surface area contributed by atoms with E-state index in [0.717, 1.165) is 33.1 Å². The van der Waals surface area contributed by atoms with Crippen molar-refractivity contribution < 1.29 is 4.74 Å². The molecule has 6 heteroatoms. The molecule has 0 saturated carbocycles. The van der Waals surface area contributed by atoms with Crippen LogP contribution in [0.4, 0.5) is 5.69 Å². The quantitative estimate of drug-likeness (QED) is 0.372. The molecule has 0 amide bonds. The average Bonchev–Trinajstić information content (AvgIpc) is 3.12. The highest BCUT2D eigenvalue weighted by molar-refractivity contribution is 8.93. The third-order valence-electron chi connectivity index (χ3n) is 4.51. The molecule has 2 aromatic heterocycles. The van der Waals surface area contributed by atoms with Crippen molar-refractivity contribution in [1.29, 1.82) is 0 Å². The lowest BCUT2D eigenvalue weighted by Gasteiger charge is -2.10. The maximum Gasteiger partial charge on any atom is 0.190 e. The molecule has 0 aliphatic heterocycles. The van der Waals surface area contributed by atoms with E-state index in [-0.39, 0.29) is 17.0 Å². The van der Waals surface area contributed by atoms with Gasteiger partial charge in [0.2, 0.25) is 0 Å². The Bertz CT molecular complexity index is 1120. The summed E-state index contributed by atoms with van der Waals surface area (Å²) in [5.74, 6) is 0.849. The number of aromatic nitrogens is 2. The summed E-state index contributed by atoms with van der Waals surface area (Å²) in [6.45, 7) is 2.79. The van der Waals surface area contributed by atoms with Gasteiger partial charge in [-0.1, -0.05) is 23.8 Å². The van der Waals surface area contributed by atoms with E-state index in [2.05, 4.69) is 64.3 Å². The zero-order chi connectivity index (χ0) is 19.3. The molecule has 2 heterocycles. The summed E-state index contributed by atoms with van der Waals surface area (Å²) in [6.07, 6.45) is 3.70. The lowest BCUT2D eigenvalue weighted by atomic mass is 10.1. The topological polar surface area (TPSA) is 39.4 Å². The second-order valence-electron chi connectivity index (χ2n) is 6.53. The molecule has 4 rings (SSSR count). The molecule has 0 unspecified atom stereocenters. The molecule has 0 aliphatic rings. The van der Waals surface area contributed by atoms with Crippen molar-refractivity contribution in [3.63, 3.8) is 0 Å². The lowest BCUT2D eigenvalue weighted by molar-refractivity contribution is 0.415. The highest BCUT2D eigenvalue weighted by Crippen LogP contribution is 2.24. The number of halogens is 1. The van der Waals surface area contributed by atoms with Crippen LogP contribution in [0.3, 0.4) is 0 Å². The summed E-state index contributed by atoms with van der Waals surface area (Å²) in [5, 5.41) is 2.16. The number of thiazole rings is 1. The molecule has 0 aliphatic carbocycles. The summed E-state index contributed by atoms with van der Waals surface area (Å²) >= 11 is 1.64. The molecule has 4 nitrogen and oxygen atoms in total. The van der Waals surface area contributed by atoms with Gasteiger partial charge >= 0.3 is 0 Å². The van der Waals surface area contributed by atoms with Crippen molar-refractivity contribution in [2.75, 3.05) is 7.11 Å². The maximum absolute atomic E-state index is 5.29. The summed E-state index contributed by atoms with van der Waals surface area (Å²) in [6, 6.07) is 20.5. The molecule has 0 bridgehead atoms. The first-order chi connectivity index (χ1) is 13.7. The Kier molecular flexibility index (Phi) is 7.01. The van der Waals surface area contributed by atoms with Gasteiger partial charge in [0.1, 0.15) is 5.75 Å².